The molecule has 0 saturated heterocycles. The smallest absolute Gasteiger partial charge is 0.135 e. The third kappa shape index (κ3) is 2.28. The Labute approximate surface area is 78.7 Å². The van der Waals surface area contributed by atoms with Gasteiger partial charge in [0, 0.05) is 24.0 Å². The Hall–Kier alpha value is -1.38. The molecule has 3 nitrogen and oxygen atoms in total. The molecule has 1 rings (SSSR count). The second-order valence-corrected chi connectivity index (χ2v) is 2.76. The number of hydrogen-bond donors (Lipinski definition) is 2. The first-order valence-electron chi connectivity index (χ1n) is 4.56. The summed E-state index contributed by atoms with van der Waals surface area (Å²) in [5.74, 6) is 0.817. The van der Waals surface area contributed by atoms with Gasteiger partial charge in [-0.2, -0.15) is 0 Å². The van der Waals surface area contributed by atoms with Crippen molar-refractivity contribution in [3.8, 4) is 0 Å². The third-order valence-electron chi connectivity index (χ3n) is 1.83. The predicted octanol–water partition coefficient (Wildman–Crippen LogP) is 2.29. The molecular weight excluding hydrogens is 162 g/mol. The highest BCUT2D eigenvalue weighted by molar-refractivity contribution is 6.01. The lowest BCUT2D eigenvalue weighted by Crippen LogP contribution is -2.07. The molecule has 0 fully saturated rings. The third-order valence-corrected chi connectivity index (χ3v) is 1.83. The fourth-order valence-corrected chi connectivity index (χ4v) is 1.15. The zero-order valence-electron chi connectivity index (χ0n) is 8.09. The molecule has 0 saturated carbocycles. The molecule has 0 spiro atoms. The highest BCUT2D eigenvalue weighted by Crippen LogP contribution is 2.12. The van der Waals surface area contributed by atoms with Crippen molar-refractivity contribution in [1.82, 2.24) is 4.98 Å². The molecule has 0 atom stereocenters. The molecule has 0 amide bonds. The summed E-state index contributed by atoms with van der Waals surface area (Å²) in [5.41, 5.74) is 1.54. The van der Waals surface area contributed by atoms with Crippen LogP contribution in [0.3, 0.4) is 0 Å². The van der Waals surface area contributed by atoms with E-state index < -0.39 is 0 Å². The normalized spacial score (nSPS) is 9.69. The summed E-state index contributed by atoms with van der Waals surface area (Å²) >= 11 is 0. The Balaban J connectivity index is 2.97. The Bertz CT molecular complexity index is 294. The van der Waals surface area contributed by atoms with E-state index in [1.165, 1.54) is 0 Å². The second-order valence-electron chi connectivity index (χ2n) is 2.76. The van der Waals surface area contributed by atoms with Crippen molar-refractivity contribution in [2.24, 2.45) is 0 Å². The molecule has 1 heterocycles. The number of hydrogen-bond acceptors (Lipinski definition) is 3. The highest BCUT2D eigenvalue weighted by Gasteiger charge is 2.05. The van der Waals surface area contributed by atoms with E-state index in [0.717, 1.165) is 24.3 Å². The van der Waals surface area contributed by atoms with Crippen molar-refractivity contribution in [3.63, 3.8) is 0 Å². The summed E-state index contributed by atoms with van der Waals surface area (Å²) in [7, 11) is 0. The minimum Gasteiger partial charge on any atom is -0.370 e. The molecule has 70 valence electrons. The van der Waals surface area contributed by atoms with E-state index in [1.807, 2.05) is 26.0 Å². The fourth-order valence-electron chi connectivity index (χ4n) is 1.15. The SMILES string of the molecule is CCNc1ncccc1C(=N)CC. The van der Waals surface area contributed by atoms with Crippen LogP contribution in [0.15, 0.2) is 18.3 Å². The number of pyridine rings is 1. The van der Waals surface area contributed by atoms with Crippen LogP contribution in [0.2, 0.25) is 0 Å². The first-order valence-corrected chi connectivity index (χ1v) is 4.56. The fraction of sp³-hybridized carbons (Fsp3) is 0.400. The molecule has 0 aliphatic carbocycles. The molecule has 13 heavy (non-hydrogen) atoms. The van der Waals surface area contributed by atoms with Crippen LogP contribution < -0.4 is 5.32 Å². The van der Waals surface area contributed by atoms with Gasteiger partial charge < -0.3 is 10.7 Å². The van der Waals surface area contributed by atoms with E-state index in [0.29, 0.717) is 5.71 Å². The Morgan fingerprint density at radius 3 is 2.92 bits per heavy atom. The van der Waals surface area contributed by atoms with Gasteiger partial charge in [-0.3, -0.25) is 0 Å². The minimum atomic E-state index is 0.629. The van der Waals surface area contributed by atoms with Crippen molar-refractivity contribution in [2.45, 2.75) is 20.3 Å². The van der Waals surface area contributed by atoms with Crippen LogP contribution in [-0.2, 0) is 0 Å². The quantitative estimate of drug-likeness (QED) is 0.693. The largest absolute Gasteiger partial charge is 0.370 e. The first kappa shape index (κ1) is 9.71. The van der Waals surface area contributed by atoms with E-state index >= 15 is 0 Å². The Kier molecular flexibility index (Phi) is 3.43. The molecule has 0 radical (unpaired) electrons. The van der Waals surface area contributed by atoms with Gasteiger partial charge in [0.15, 0.2) is 0 Å². The average Bonchev–Trinajstić information content (AvgIpc) is 2.18. The van der Waals surface area contributed by atoms with E-state index in [4.69, 9.17) is 5.41 Å². The van der Waals surface area contributed by atoms with Crippen LogP contribution in [0.4, 0.5) is 5.82 Å². The average molecular weight is 177 g/mol. The summed E-state index contributed by atoms with van der Waals surface area (Å²) in [6, 6.07) is 3.79. The lowest BCUT2D eigenvalue weighted by atomic mass is 10.1. The first-order chi connectivity index (χ1) is 6.29. The van der Waals surface area contributed by atoms with Crippen molar-refractivity contribution >= 4 is 11.5 Å². The van der Waals surface area contributed by atoms with Gasteiger partial charge in [-0.15, -0.1) is 0 Å². The number of nitrogens with one attached hydrogen (secondary N) is 2. The van der Waals surface area contributed by atoms with Crippen molar-refractivity contribution < 1.29 is 0 Å². The van der Waals surface area contributed by atoms with Crippen LogP contribution in [-0.4, -0.2) is 17.2 Å². The summed E-state index contributed by atoms with van der Waals surface area (Å²) in [5, 5.41) is 10.9. The maximum atomic E-state index is 7.72. The maximum Gasteiger partial charge on any atom is 0.135 e. The maximum absolute atomic E-state index is 7.72. The van der Waals surface area contributed by atoms with Gasteiger partial charge in [0.25, 0.3) is 0 Å². The van der Waals surface area contributed by atoms with Gasteiger partial charge >= 0.3 is 0 Å². The monoisotopic (exact) mass is 177 g/mol. The van der Waals surface area contributed by atoms with Crippen molar-refractivity contribution in [3.05, 3.63) is 23.9 Å². The molecule has 1 aromatic heterocycles. The molecule has 0 unspecified atom stereocenters. The van der Waals surface area contributed by atoms with E-state index in [9.17, 15) is 0 Å². The lowest BCUT2D eigenvalue weighted by molar-refractivity contribution is 1.14. The number of aromatic nitrogens is 1. The van der Waals surface area contributed by atoms with Crippen LogP contribution in [0, 0.1) is 5.41 Å². The second kappa shape index (κ2) is 4.60. The molecule has 0 aliphatic heterocycles. The van der Waals surface area contributed by atoms with Gasteiger partial charge in [-0.1, -0.05) is 6.92 Å². The zero-order valence-corrected chi connectivity index (χ0v) is 8.09. The zero-order chi connectivity index (χ0) is 9.68. The van der Waals surface area contributed by atoms with Gasteiger partial charge in [0.1, 0.15) is 5.82 Å². The summed E-state index contributed by atoms with van der Waals surface area (Å²) in [6.45, 7) is 4.83. The molecule has 3 heteroatoms. The van der Waals surface area contributed by atoms with E-state index in [2.05, 4.69) is 10.3 Å². The highest BCUT2D eigenvalue weighted by atomic mass is 15.0. The van der Waals surface area contributed by atoms with Crippen LogP contribution >= 0.6 is 0 Å². The molecule has 0 aliphatic rings. The number of rotatable bonds is 4. The molecular formula is C10H15N3. The lowest BCUT2D eigenvalue weighted by Gasteiger charge is -2.08. The number of nitrogens with zero attached hydrogens (tertiary/aromatic N) is 1. The minimum absolute atomic E-state index is 0.629. The number of anilines is 1. The molecule has 2 N–H and O–H groups in total. The Morgan fingerprint density at radius 1 is 1.54 bits per heavy atom. The topological polar surface area (TPSA) is 48.8 Å². The van der Waals surface area contributed by atoms with Gasteiger partial charge in [-0.25, -0.2) is 4.98 Å². The van der Waals surface area contributed by atoms with Gasteiger partial charge in [-0.05, 0) is 25.5 Å². The summed E-state index contributed by atoms with van der Waals surface area (Å²) in [6.07, 6.45) is 2.48. The summed E-state index contributed by atoms with van der Waals surface area (Å²) < 4.78 is 0. The van der Waals surface area contributed by atoms with Crippen LogP contribution in [0.1, 0.15) is 25.8 Å². The van der Waals surface area contributed by atoms with E-state index in [-0.39, 0.29) is 0 Å². The molecule has 1 aromatic rings. The summed E-state index contributed by atoms with van der Waals surface area (Å²) in [4.78, 5) is 4.19. The van der Waals surface area contributed by atoms with Crippen LogP contribution in [0.5, 0.6) is 0 Å². The molecule has 0 bridgehead atoms. The molecule has 0 aromatic carbocycles. The standard InChI is InChI=1S/C10H15N3/c1-3-9(11)8-6-5-7-13-10(8)12-4-2/h5-7,11H,3-4H2,1-2H3,(H,12,13). The van der Waals surface area contributed by atoms with Gasteiger partial charge in [0.2, 0.25) is 0 Å². The van der Waals surface area contributed by atoms with Crippen LogP contribution in [0.25, 0.3) is 0 Å². The van der Waals surface area contributed by atoms with Crippen molar-refractivity contribution in [2.75, 3.05) is 11.9 Å². The van der Waals surface area contributed by atoms with Crippen molar-refractivity contribution in [1.29, 1.82) is 5.41 Å². The predicted molar refractivity (Wildman–Crippen MR) is 55.5 cm³/mol. The Morgan fingerprint density at radius 2 is 2.31 bits per heavy atom. The van der Waals surface area contributed by atoms with E-state index in [1.54, 1.807) is 6.20 Å². The van der Waals surface area contributed by atoms with Gasteiger partial charge in [0.05, 0.1) is 0 Å².